The molecule has 24 heavy (non-hydrogen) atoms. The first-order valence-corrected chi connectivity index (χ1v) is 9.47. The van der Waals surface area contributed by atoms with Gasteiger partial charge >= 0.3 is 0 Å². The summed E-state index contributed by atoms with van der Waals surface area (Å²) in [7, 11) is 0. The van der Waals surface area contributed by atoms with Crippen LogP contribution in [-0.4, -0.2) is 60.9 Å². The lowest BCUT2D eigenvalue weighted by Crippen LogP contribution is -2.36. The van der Waals surface area contributed by atoms with Gasteiger partial charge in [0.05, 0.1) is 18.1 Å². The van der Waals surface area contributed by atoms with Crippen LogP contribution in [-0.2, 0) is 11.5 Å². The normalized spacial score (nSPS) is 11.2. The second kappa shape index (κ2) is 11.3. The summed E-state index contributed by atoms with van der Waals surface area (Å²) in [6.07, 6.45) is 5.02. The predicted molar refractivity (Wildman–Crippen MR) is 94.1 cm³/mol. The first-order valence-electron chi connectivity index (χ1n) is 7.16. The fourth-order valence-electron chi connectivity index (χ4n) is 1.59. The van der Waals surface area contributed by atoms with Crippen LogP contribution in [0.2, 0.25) is 0 Å². The number of nitrogens with zero attached hydrogens (tertiary/aromatic N) is 6. The third-order valence-electron chi connectivity index (χ3n) is 2.61. The van der Waals surface area contributed by atoms with Crippen molar-refractivity contribution >= 4 is 29.5 Å². The van der Waals surface area contributed by atoms with Gasteiger partial charge in [0.2, 0.25) is 5.96 Å². The Morgan fingerprint density at radius 2 is 1.79 bits per heavy atom. The van der Waals surface area contributed by atoms with Gasteiger partial charge in [-0.2, -0.15) is 39.0 Å². The van der Waals surface area contributed by atoms with Crippen LogP contribution in [0.1, 0.15) is 11.6 Å². The Labute approximate surface area is 147 Å². The van der Waals surface area contributed by atoms with Crippen LogP contribution >= 0.6 is 23.5 Å². The zero-order valence-corrected chi connectivity index (χ0v) is 14.5. The van der Waals surface area contributed by atoms with Crippen molar-refractivity contribution in [3.63, 3.8) is 0 Å². The summed E-state index contributed by atoms with van der Waals surface area (Å²) in [5.41, 5.74) is 0. The second-order valence-electron chi connectivity index (χ2n) is 4.33. The minimum atomic E-state index is 0.495. The molecule has 0 aliphatic heterocycles. The van der Waals surface area contributed by atoms with E-state index in [0.29, 0.717) is 19.0 Å². The first-order chi connectivity index (χ1) is 11.9. The molecule has 0 radical (unpaired) electrons. The third kappa shape index (κ3) is 7.34. The molecule has 0 bridgehead atoms. The van der Waals surface area contributed by atoms with Crippen LogP contribution in [0, 0.1) is 11.5 Å². The van der Waals surface area contributed by atoms with Gasteiger partial charge in [0, 0.05) is 18.1 Å². The van der Waals surface area contributed by atoms with Gasteiger partial charge in [0.15, 0.2) is 17.8 Å². The van der Waals surface area contributed by atoms with Crippen molar-refractivity contribution in [2.24, 2.45) is 4.99 Å². The molecule has 128 valence electrons. The number of aliphatic imine (C=N–C) groups is 1. The Morgan fingerprint density at radius 1 is 1.12 bits per heavy atom. The van der Waals surface area contributed by atoms with Gasteiger partial charge in [-0.05, 0) is 0 Å². The van der Waals surface area contributed by atoms with Crippen molar-refractivity contribution < 1.29 is 0 Å². The van der Waals surface area contributed by atoms with Crippen molar-refractivity contribution in [3.05, 3.63) is 24.3 Å². The van der Waals surface area contributed by atoms with Gasteiger partial charge < -0.3 is 5.32 Å². The Kier molecular flexibility index (Phi) is 8.52. The second-order valence-corrected chi connectivity index (χ2v) is 6.54. The van der Waals surface area contributed by atoms with E-state index >= 15 is 0 Å². The zero-order chi connectivity index (χ0) is 16.9. The maximum atomic E-state index is 8.76. The summed E-state index contributed by atoms with van der Waals surface area (Å²) in [5, 5.41) is 27.8. The third-order valence-corrected chi connectivity index (χ3v) is 4.50. The molecular formula is C12H18N10S2. The molecule has 0 saturated heterocycles. The molecule has 0 amide bonds. The van der Waals surface area contributed by atoms with Crippen molar-refractivity contribution in [2.75, 3.05) is 24.6 Å². The number of thioether (sulfide) groups is 2. The Hall–Kier alpha value is -2.26. The smallest absolute Gasteiger partial charge is 0.204 e. The van der Waals surface area contributed by atoms with E-state index in [1.807, 2.05) is 6.19 Å². The molecule has 0 aromatic carbocycles. The molecule has 0 unspecified atom stereocenters. The zero-order valence-electron chi connectivity index (χ0n) is 12.9. The van der Waals surface area contributed by atoms with Gasteiger partial charge in [-0.3, -0.25) is 20.5 Å². The molecule has 4 N–H and O–H groups in total. The summed E-state index contributed by atoms with van der Waals surface area (Å²) in [4.78, 5) is 12.4. The highest BCUT2D eigenvalue weighted by atomic mass is 32.2. The molecule has 12 heteroatoms. The average molecular weight is 366 g/mol. The van der Waals surface area contributed by atoms with Gasteiger partial charge in [-0.15, -0.1) is 0 Å². The monoisotopic (exact) mass is 366 g/mol. The quantitative estimate of drug-likeness (QED) is 0.151. The number of nitriles is 1. The molecule has 0 aliphatic carbocycles. The number of aromatic amines is 2. The van der Waals surface area contributed by atoms with Crippen molar-refractivity contribution in [1.82, 2.24) is 41.0 Å². The maximum absolute atomic E-state index is 8.76. The molecule has 0 saturated carbocycles. The molecule has 2 aromatic heterocycles. The van der Waals surface area contributed by atoms with E-state index in [4.69, 9.17) is 5.26 Å². The summed E-state index contributed by atoms with van der Waals surface area (Å²) in [6.45, 7) is 1.31. The Bertz CT molecular complexity index is 619. The van der Waals surface area contributed by atoms with Crippen molar-refractivity contribution in [2.45, 2.75) is 11.5 Å². The number of rotatable bonds is 10. The van der Waals surface area contributed by atoms with E-state index in [1.165, 1.54) is 0 Å². The standard InChI is InChI=1S/C12H18N10S2/c13-7-16-12(14-1-3-23-5-10-17-8-19-21-10)15-2-4-24-6-11-18-9-20-22-11/h8-9H,1-6H2,(H2,14,15,16)(H,17,19,21)(H,18,20,22). The number of hydrogen-bond donors (Lipinski definition) is 4. The highest BCUT2D eigenvalue weighted by molar-refractivity contribution is 7.98. The van der Waals surface area contributed by atoms with Crippen LogP contribution in [0.5, 0.6) is 0 Å². The Balaban J connectivity index is 1.56. The van der Waals surface area contributed by atoms with Crippen molar-refractivity contribution in [1.29, 1.82) is 5.26 Å². The fourth-order valence-corrected chi connectivity index (χ4v) is 2.99. The SMILES string of the molecule is N#CNC(=NCCSCc1nc[nH]n1)NCCSCc1nc[nH]n1. The van der Waals surface area contributed by atoms with Crippen LogP contribution in [0.4, 0.5) is 0 Å². The molecule has 0 atom stereocenters. The molecule has 10 nitrogen and oxygen atoms in total. The lowest BCUT2D eigenvalue weighted by atomic mass is 10.7. The van der Waals surface area contributed by atoms with Gasteiger partial charge in [0.25, 0.3) is 0 Å². The van der Waals surface area contributed by atoms with Gasteiger partial charge in [-0.1, -0.05) is 0 Å². The number of nitrogens with one attached hydrogen (secondary N) is 4. The van der Waals surface area contributed by atoms with E-state index < -0.39 is 0 Å². The molecule has 0 fully saturated rings. The molecule has 2 heterocycles. The number of aromatic nitrogens is 6. The summed E-state index contributed by atoms with van der Waals surface area (Å²) < 4.78 is 0. The number of guanidine groups is 1. The largest absolute Gasteiger partial charge is 0.355 e. The van der Waals surface area contributed by atoms with Crippen LogP contribution < -0.4 is 10.6 Å². The summed E-state index contributed by atoms with van der Waals surface area (Å²) in [5.74, 6) is 5.24. The van der Waals surface area contributed by atoms with Gasteiger partial charge in [0.1, 0.15) is 12.7 Å². The number of hydrogen-bond acceptors (Lipinski definition) is 8. The topological polar surface area (TPSA) is 143 Å². The molecule has 0 spiro atoms. The van der Waals surface area contributed by atoms with Crippen LogP contribution in [0.25, 0.3) is 0 Å². The summed E-state index contributed by atoms with van der Waals surface area (Å²) in [6, 6.07) is 0. The Morgan fingerprint density at radius 3 is 2.38 bits per heavy atom. The fraction of sp³-hybridized carbons (Fsp3) is 0.500. The highest BCUT2D eigenvalue weighted by Crippen LogP contribution is 2.07. The minimum absolute atomic E-state index is 0.495. The van der Waals surface area contributed by atoms with Crippen molar-refractivity contribution in [3.8, 4) is 6.19 Å². The predicted octanol–water partition coefficient (Wildman–Crippen LogP) is 0.106. The van der Waals surface area contributed by atoms with E-state index in [1.54, 1.807) is 36.2 Å². The highest BCUT2D eigenvalue weighted by Gasteiger charge is 2.00. The summed E-state index contributed by atoms with van der Waals surface area (Å²) >= 11 is 3.40. The van der Waals surface area contributed by atoms with E-state index in [0.717, 1.165) is 34.7 Å². The first kappa shape index (κ1) is 18.1. The van der Waals surface area contributed by atoms with E-state index in [9.17, 15) is 0 Å². The van der Waals surface area contributed by atoms with E-state index in [-0.39, 0.29) is 0 Å². The average Bonchev–Trinajstić information content (AvgIpc) is 3.27. The van der Waals surface area contributed by atoms with Gasteiger partial charge in [-0.25, -0.2) is 9.97 Å². The van der Waals surface area contributed by atoms with E-state index in [2.05, 4.69) is 46.0 Å². The van der Waals surface area contributed by atoms with Crippen LogP contribution in [0.15, 0.2) is 17.6 Å². The maximum Gasteiger partial charge on any atom is 0.204 e. The number of H-pyrrole nitrogens is 2. The minimum Gasteiger partial charge on any atom is -0.355 e. The lowest BCUT2D eigenvalue weighted by Gasteiger charge is -2.07. The molecule has 0 aliphatic rings. The molecule has 2 aromatic rings. The molecular weight excluding hydrogens is 348 g/mol. The lowest BCUT2D eigenvalue weighted by molar-refractivity contribution is 0.915. The van der Waals surface area contributed by atoms with Crippen LogP contribution in [0.3, 0.4) is 0 Å². The molecule has 2 rings (SSSR count).